The van der Waals surface area contributed by atoms with E-state index in [0.717, 1.165) is 21.2 Å². The lowest BCUT2D eigenvalue weighted by Crippen LogP contribution is -2.47. The van der Waals surface area contributed by atoms with E-state index in [1.807, 2.05) is 66.7 Å². The minimum absolute atomic E-state index is 0.273. The van der Waals surface area contributed by atoms with Crippen LogP contribution in [-0.4, -0.2) is 34.7 Å². The van der Waals surface area contributed by atoms with Crippen LogP contribution in [0.5, 0.6) is 0 Å². The minimum atomic E-state index is -0.749. The maximum Gasteiger partial charge on any atom is 0.270 e. The van der Waals surface area contributed by atoms with Crippen molar-refractivity contribution < 1.29 is 9.59 Å². The van der Waals surface area contributed by atoms with Crippen molar-refractivity contribution in [2.45, 2.75) is 19.0 Å². The highest BCUT2D eigenvalue weighted by Crippen LogP contribution is 2.22. The van der Waals surface area contributed by atoms with Crippen LogP contribution in [0, 0.1) is 0 Å². The van der Waals surface area contributed by atoms with Crippen LogP contribution in [0.1, 0.15) is 21.6 Å². The predicted molar refractivity (Wildman–Crippen MR) is 141 cm³/mol. The third kappa shape index (κ3) is 6.38. The van der Waals surface area contributed by atoms with Gasteiger partial charge in [-0.05, 0) is 41.5 Å². The maximum absolute atomic E-state index is 13.5. The summed E-state index contributed by atoms with van der Waals surface area (Å²) in [5.74, 6) is -0.650. The Hall–Kier alpha value is -3.42. The monoisotopic (exact) mass is 550 g/mol. The zero-order valence-electron chi connectivity index (χ0n) is 19.0. The fraction of sp³-hybridized carbons (Fsp3) is 0.148. The second-order valence-electron chi connectivity index (χ2n) is 8.04. The van der Waals surface area contributed by atoms with E-state index < -0.39 is 6.04 Å². The fourth-order valence-electron chi connectivity index (χ4n) is 3.75. The zero-order valence-corrected chi connectivity index (χ0v) is 21.4. The van der Waals surface area contributed by atoms with E-state index in [2.05, 4.69) is 26.6 Å². The molecule has 3 aromatic carbocycles. The molecule has 0 spiro atoms. The third-order valence-corrected chi connectivity index (χ3v) is 6.27. The smallest absolute Gasteiger partial charge is 0.270 e. The van der Waals surface area contributed by atoms with Crippen LogP contribution in [0.2, 0.25) is 5.02 Å². The van der Waals surface area contributed by atoms with Crippen LogP contribution in [-0.2, 0) is 17.8 Å². The van der Waals surface area contributed by atoms with Gasteiger partial charge in [0.05, 0.1) is 12.2 Å². The molecule has 35 heavy (non-hydrogen) atoms. The molecule has 2 N–H and O–H groups in total. The normalized spacial score (nSPS) is 11.6. The van der Waals surface area contributed by atoms with Crippen molar-refractivity contribution in [2.75, 3.05) is 7.05 Å². The Morgan fingerprint density at radius 1 is 0.971 bits per heavy atom. The average Bonchev–Trinajstić information content (AvgIpc) is 3.28. The van der Waals surface area contributed by atoms with E-state index in [0.29, 0.717) is 29.4 Å². The highest BCUT2D eigenvalue weighted by atomic mass is 79.9. The van der Waals surface area contributed by atoms with Crippen LogP contribution in [0.3, 0.4) is 0 Å². The van der Waals surface area contributed by atoms with Gasteiger partial charge in [0.15, 0.2) is 0 Å². The van der Waals surface area contributed by atoms with Crippen molar-refractivity contribution in [2.24, 2.45) is 0 Å². The lowest BCUT2D eigenvalue weighted by molar-refractivity contribution is -0.122. The molecular formula is C27H24BrClN4O2. The van der Waals surface area contributed by atoms with Crippen molar-refractivity contribution in [3.63, 3.8) is 0 Å². The summed E-state index contributed by atoms with van der Waals surface area (Å²) in [4.78, 5) is 26.1. The van der Waals surface area contributed by atoms with Gasteiger partial charge in [0.1, 0.15) is 11.7 Å². The summed E-state index contributed by atoms with van der Waals surface area (Å²) < 4.78 is 2.57. The molecular weight excluding hydrogens is 528 g/mol. The van der Waals surface area contributed by atoms with Gasteiger partial charge in [-0.1, -0.05) is 82.1 Å². The number of carbonyl (C=O) groups excluding carboxylic acids is 2. The molecule has 0 bridgehead atoms. The number of nitrogens with zero attached hydrogens (tertiary/aromatic N) is 2. The highest BCUT2D eigenvalue weighted by Gasteiger charge is 2.24. The van der Waals surface area contributed by atoms with Gasteiger partial charge in [-0.3, -0.25) is 14.3 Å². The summed E-state index contributed by atoms with van der Waals surface area (Å²) in [6, 6.07) is 25.7. The number of halogens is 2. The number of nitrogens with one attached hydrogen (secondary N) is 2. The summed E-state index contributed by atoms with van der Waals surface area (Å²) in [5.41, 5.74) is 3.78. The molecule has 1 aromatic heterocycles. The molecule has 6 nitrogen and oxygen atoms in total. The zero-order chi connectivity index (χ0) is 24.8. The van der Waals surface area contributed by atoms with E-state index in [1.165, 1.54) is 0 Å². The van der Waals surface area contributed by atoms with E-state index in [-0.39, 0.29) is 11.8 Å². The first-order chi connectivity index (χ1) is 16.9. The SMILES string of the molecule is CNC(=O)C(Cc1cccc(Br)c1)NC(=O)c1cc(-c2ccc(Cl)cc2)nn1Cc1ccccc1. The van der Waals surface area contributed by atoms with Crippen LogP contribution in [0.4, 0.5) is 0 Å². The quantitative estimate of drug-likeness (QED) is 0.320. The molecule has 8 heteroatoms. The summed E-state index contributed by atoms with van der Waals surface area (Å²) >= 11 is 9.50. The van der Waals surface area contributed by atoms with Crippen LogP contribution >= 0.6 is 27.5 Å². The molecule has 2 amide bonds. The third-order valence-electron chi connectivity index (χ3n) is 5.52. The van der Waals surface area contributed by atoms with E-state index in [9.17, 15) is 9.59 Å². The first-order valence-corrected chi connectivity index (χ1v) is 12.2. The topological polar surface area (TPSA) is 76.0 Å². The number of aromatic nitrogens is 2. The van der Waals surface area contributed by atoms with Crippen LogP contribution < -0.4 is 10.6 Å². The Morgan fingerprint density at radius 2 is 1.69 bits per heavy atom. The molecule has 4 aromatic rings. The molecule has 0 fully saturated rings. The van der Waals surface area contributed by atoms with Gasteiger partial charge in [-0.15, -0.1) is 0 Å². The van der Waals surface area contributed by atoms with Gasteiger partial charge < -0.3 is 10.6 Å². The molecule has 1 unspecified atom stereocenters. The summed E-state index contributed by atoms with van der Waals surface area (Å²) in [6.45, 7) is 0.410. The van der Waals surface area contributed by atoms with Gasteiger partial charge in [0, 0.05) is 28.5 Å². The van der Waals surface area contributed by atoms with E-state index in [1.54, 1.807) is 29.9 Å². The Labute approximate surface area is 217 Å². The molecule has 0 radical (unpaired) electrons. The van der Waals surface area contributed by atoms with Crippen molar-refractivity contribution in [3.05, 3.63) is 111 Å². The largest absolute Gasteiger partial charge is 0.357 e. The van der Waals surface area contributed by atoms with Gasteiger partial charge in [-0.2, -0.15) is 5.10 Å². The molecule has 0 aliphatic heterocycles. The number of likely N-dealkylation sites (N-methyl/N-ethyl adjacent to an activating group) is 1. The summed E-state index contributed by atoms with van der Waals surface area (Å²) in [6.07, 6.45) is 0.349. The average molecular weight is 552 g/mol. The number of hydrogen-bond donors (Lipinski definition) is 2. The first-order valence-electron chi connectivity index (χ1n) is 11.1. The molecule has 1 atom stereocenters. The number of rotatable bonds is 8. The van der Waals surface area contributed by atoms with Crippen molar-refractivity contribution in [3.8, 4) is 11.3 Å². The Balaban J connectivity index is 1.65. The minimum Gasteiger partial charge on any atom is -0.357 e. The van der Waals surface area contributed by atoms with E-state index in [4.69, 9.17) is 16.7 Å². The molecule has 4 rings (SSSR count). The van der Waals surface area contributed by atoms with Crippen LogP contribution in [0.15, 0.2) is 89.4 Å². The van der Waals surface area contributed by atoms with E-state index >= 15 is 0 Å². The second-order valence-corrected chi connectivity index (χ2v) is 9.39. The Bertz CT molecular complexity index is 1320. The van der Waals surface area contributed by atoms with Crippen molar-refractivity contribution in [1.29, 1.82) is 0 Å². The number of hydrogen-bond acceptors (Lipinski definition) is 3. The molecule has 1 heterocycles. The fourth-order valence-corrected chi connectivity index (χ4v) is 4.33. The lowest BCUT2D eigenvalue weighted by Gasteiger charge is -2.18. The summed E-state index contributed by atoms with van der Waals surface area (Å²) in [5, 5.41) is 10.9. The van der Waals surface area contributed by atoms with Gasteiger partial charge in [0.2, 0.25) is 5.91 Å². The molecule has 178 valence electrons. The Kier molecular flexibility index (Phi) is 8.00. The standard InChI is InChI=1S/C27H24BrClN4O2/c1-30-26(34)24(15-19-8-5-9-21(28)14-19)31-27(35)25-16-23(20-10-12-22(29)13-11-20)32-33(25)17-18-6-3-2-4-7-18/h2-14,16,24H,15,17H2,1H3,(H,30,34)(H,31,35). The second kappa shape index (κ2) is 11.3. The summed E-state index contributed by atoms with van der Waals surface area (Å²) in [7, 11) is 1.56. The number of amides is 2. The molecule has 0 saturated carbocycles. The lowest BCUT2D eigenvalue weighted by atomic mass is 10.0. The van der Waals surface area contributed by atoms with Gasteiger partial charge >= 0.3 is 0 Å². The first kappa shape index (κ1) is 24.7. The van der Waals surface area contributed by atoms with Crippen molar-refractivity contribution >= 4 is 39.3 Å². The molecule has 0 aliphatic carbocycles. The van der Waals surface area contributed by atoms with Crippen molar-refractivity contribution in [1.82, 2.24) is 20.4 Å². The molecule has 0 saturated heterocycles. The maximum atomic E-state index is 13.5. The number of benzene rings is 3. The highest BCUT2D eigenvalue weighted by molar-refractivity contribution is 9.10. The van der Waals surface area contributed by atoms with Crippen LogP contribution in [0.25, 0.3) is 11.3 Å². The predicted octanol–water partition coefficient (Wildman–Crippen LogP) is 5.10. The number of carbonyl (C=O) groups is 2. The van der Waals surface area contributed by atoms with Gasteiger partial charge in [0.25, 0.3) is 5.91 Å². The molecule has 0 aliphatic rings. The Morgan fingerprint density at radius 3 is 2.37 bits per heavy atom. The van der Waals surface area contributed by atoms with Gasteiger partial charge in [-0.25, -0.2) is 0 Å².